The molecule has 0 amide bonds. The van der Waals surface area contributed by atoms with Crippen molar-refractivity contribution in [2.45, 2.75) is 25.4 Å². The molecule has 0 aromatic heterocycles. The molecule has 25 heavy (non-hydrogen) atoms. The number of aliphatic carboxylic acids is 2. The maximum atomic E-state index is 12.2. The third-order valence-electron chi connectivity index (χ3n) is 3.73. The number of aryl methyl sites for hydroxylation is 1. The molecule has 0 aliphatic rings. The van der Waals surface area contributed by atoms with E-state index in [0.717, 1.165) is 16.3 Å². The molecular weight excluding hydrogens is 347 g/mol. The molecule has 0 heterocycles. The summed E-state index contributed by atoms with van der Waals surface area (Å²) in [5.74, 6) is -2.65. The van der Waals surface area contributed by atoms with E-state index in [1.54, 1.807) is 0 Å². The van der Waals surface area contributed by atoms with Crippen molar-refractivity contribution in [3.05, 3.63) is 48.0 Å². The second kappa shape index (κ2) is 8.25. The van der Waals surface area contributed by atoms with Crippen molar-refractivity contribution in [1.82, 2.24) is 0 Å². The molecular formula is C17H19O7P. The standard InChI is InChI=1S/C17H19O7P/c18-16(19)9-8-15(17(20)21)24-25(22,23)11-10-13-6-3-5-12-4-1-2-7-14(12)13/h1-7,15H,8-11H2,(H,18,19)(H,20,21)(H,22,23). The average molecular weight is 366 g/mol. The van der Waals surface area contributed by atoms with Crippen molar-refractivity contribution in [2.75, 3.05) is 6.16 Å². The number of carboxylic acids is 2. The Morgan fingerprint density at radius 3 is 2.44 bits per heavy atom. The van der Waals surface area contributed by atoms with Crippen LogP contribution >= 0.6 is 7.60 Å². The lowest BCUT2D eigenvalue weighted by molar-refractivity contribution is -0.146. The van der Waals surface area contributed by atoms with Gasteiger partial charge in [-0.2, -0.15) is 0 Å². The largest absolute Gasteiger partial charge is 0.481 e. The van der Waals surface area contributed by atoms with Crippen LogP contribution in [-0.2, 0) is 25.1 Å². The molecule has 2 rings (SSSR count). The molecule has 2 aromatic rings. The van der Waals surface area contributed by atoms with Crippen LogP contribution in [0, 0.1) is 0 Å². The van der Waals surface area contributed by atoms with Crippen LogP contribution in [0.1, 0.15) is 18.4 Å². The van der Waals surface area contributed by atoms with Crippen molar-refractivity contribution in [3.8, 4) is 0 Å². The van der Waals surface area contributed by atoms with Gasteiger partial charge in [-0.3, -0.25) is 13.9 Å². The Hall–Kier alpha value is -2.21. The number of fused-ring (bicyclic) bond motifs is 1. The van der Waals surface area contributed by atoms with Gasteiger partial charge in [-0.15, -0.1) is 0 Å². The molecule has 7 nitrogen and oxygen atoms in total. The maximum absolute atomic E-state index is 12.2. The smallest absolute Gasteiger partial charge is 0.333 e. The molecule has 0 aliphatic carbocycles. The summed E-state index contributed by atoms with van der Waals surface area (Å²) in [5.41, 5.74) is 0.855. The van der Waals surface area contributed by atoms with Crippen LogP contribution in [0.25, 0.3) is 10.8 Å². The summed E-state index contributed by atoms with van der Waals surface area (Å²) in [6, 6.07) is 13.2. The molecule has 2 atom stereocenters. The normalized spacial score (nSPS) is 14.8. The van der Waals surface area contributed by atoms with Gasteiger partial charge in [-0.25, -0.2) is 4.79 Å². The lowest BCUT2D eigenvalue weighted by Gasteiger charge is -2.18. The zero-order chi connectivity index (χ0) is 18.4. The molecule has 0 aliphatic heterocycles. The van der Waals surface area contributed by atoms with Crippen LogP contribution in [0.15, 0.2) is 42.5 Å². The minimum atomic E-state index is -4.18. The van der Waals surface area contributed by atoms with E-state index < -0.39 is 32.1 Å². The number of carbonyl (C=O) groups is 2. The summed E-state index contributed by atoms with van der Waals surface area (Å²) in [5, 5.41) is 19.6. The third kappa shape index (κ3) is 5.67. The number of carboxylic acid groups (broad SMARTS) is 2. The van der Waals surface area contributed by atoms with E-state index in [1.165, 1.54) is 0 Å². The second-order valence-electron chi connectivity index (χ2n) is 5.61. The van der Waals surface area contributed by atoms with Crippen molar-refractivity contribution in [2.24, 2.45) is 0 Å². The summed E-state index contributed by atoms with van der Waals surface area (Å²) in [6.45, 7) is 0. The Morgan fingerprint density at radius 2 is 1.76 bits per heavy atom. The fraction of sp³-hybridized carbons (Fsp3) is 0.294. The van der Waals surface area contributed by atoms with Crippen LogP contribution in [0.4, 0.5) is 0 Å². The molecule has 0 fully saturated rings. The van der Waals surface area contributed by atoms with Crippen LogP contribution < -0.4 is 0 Å². The van der Waals surface area contributed by atoms with Gasteiger partial charge in [-0.05, 0) is 29.2 Å². The molecule has 3 N–H and O–H groups in total. The van der Waals surface area contributed by atoms with E-state index in [2.05, 4.69) is 0 Å². The van der Waals surface area contributed by atoms with E-state index in [0.29, 0.717) is 0 Å². The van der Waals surface area contributed by atoms with Gasteiger partial charge in [0.1, 0.15) is 0 Å². The van der Waals surface area contributed by atoms with Gasteiger partial charge in [0.05, 0.1) is 6.16 Å². The minimum absolute atomic E-state index is 0.237. The Bertz CT molecular complexity index is 812. The number of hydrogen-bond acceptors (Lipinski definition) is 4. The van der Waals surface area contributed by atoms with Crippen LogP contribution in [0.3, 0.4) is 0 Å². The molecule has 0 saturated carbocycles. The Balaban J connectivity index is 2.05. The van der Waals surface area contributed by atoms with Crippen molar-refractivity contribution in [1.29, 1.82) is 0 Å². The van der Waals surface area contributed by atoms with Gasteiger partial charge in [0.25, 0.3) is 0 Å². The van der Waals surface area contributed by atoms with E-state index in [1.807, 2.05) is 42.5 Å². The third-order valence-corrected chi connectivity index (χ3v) is 5.10. The molecule has 8 heteroatoms. The summed E-state index contributed by atoms with van der Waals surface area (Å²) in [7, 11) is -4.18. The molecule has 0 radical (unpaired) electrons. The van der Waals surface area contributed by atoms with Crippen molar-refractivity contribution >= 4 is 30.3 Å². The fourth-order valence-electron chi connectivity index (χ4n) is 2.50. The van der Waals surface area contributed by atoms with Crippen LogP contribution in [0.5, 0.6) is 0 Å². The van der Waals surface area contributed by atoms with E-state index in [4.69, 9.17) is 14.7 Å². The van der Waals surface area contributed by atoms with Gasteiger partial charge in [0.15, 0.2) is 6.10 Å². The Kier molecular flexibility index (Phi) is 6.31. The lowest BCUT2D eigenvalue weighted by atomic mass is 10.0. The highest BCUT2D eigenvalue weighted by Crippen LogP contribution is 2.44. The fourth-order valence-corrected chi connectivity index (χ4v) is 3.72. The van der Waals surface area contributed by atoms with Crippen LogP contribution in [0.2, 0.25) is 0 Å². The SMILES string of the molecule is O=C(O)CCC(OP(=O)(O)CCc1cccc2ccccc12)C(=O)O. The summed E-state index contributed by atoms with van der Waals surface area (Å²) in [6.07, 6.45) is -2.47. The Labute approximate surface area is 144 Å². The molecule has 0 saturated heterocycles. The summed E-state index contributed by atoms with van der Waals surface area (Å²) >= 11 is 0. The highest BCUT2D eigenvalue weighted by molar-refractivity contribution is 7.52. The zero-order valence-corrected chi connectivity index (χ0v) is 14.3. The number of hydrogen-bond donors (Lipinski definition) is 3. The quantitative estimate of drug-likeness (QED) is 0.583. The molecule has 2 unspecified atom stereocenters. The van der Waals surface area contributed by atoms with Crippen LogP contribution in [-0.4, -0.2) is 39.3 Å². The van der Waals surface area contributed by atoms with E-state index in [9.17, 15) is 19.0 Å². The second-order valence-corrected chi connectivity index (χ2v) is 7.55. The molecule has 0 bridgehead atoms. The average Bonchev–Trinajstić information content (AvgIpc) is 2.56. The van der Waals surface area contributed by atoms with Crippen molar-refractivity contribution < 1.29 is 33.8 Å². The molecule has 0 spiro atoms. The first-order chi connectivity index (χ1) is 11.8. The van der Waals surface area contributed by atoms with E-state index >= 15 is 0 Å². The highest BCUT2D eigenvalue weighted by atomic mass is 31.2. The first-order valence-electron chi connectivity index (χ1n) is 7.70. The zero-order valence-electron chi connectivity index (χ0n) is 13.4. The van der Waals surface area contributed by atoms with Gasteiger partial charge < -0.3 is 15.1 Å². The molecule has 2 aromatic carbocycles. The predicted molar refractivity (Wildman–Crippen MR) is 91.7 cm³/mol. The maximum Gasteiger partial charge on any atom is 0.333 e. The summed E-state index contributed by atoms with van der Waals surface area (Å²) < 4.78 is 17.0. The first-order valence-corrected chi connectivity index (χ1v) is 9.46. The summed E-state index contributed by atoms with van der Waals surface area (Å²) in [4.78, 5) is 31.6. The minimum Gasteiger partial charge on any atom is -0.481 e. The lowest BCUT2D eigenvalue weighted by Crippen LogP contribution is -2.24. The van der Waals surface area contributed by atoms with Gasteiger partial charge in [0, 0.05) is 6.42 Å². The topological polar surface area (TPSA) is 121 Å². The van der Waals surface area contributed by atoms with Gasteiger partial charge in [0.2, 0.25) is 0 Å². The number of rotatable bonds is 9. The highest BCUT2D eigenvalue weighted by Gasteiger charge is 2.29. The first kappa shape index (κ1) is 19.1. The Morgan fingerprint density at radius 1 is 1.08 bits per heavy atom. The predicted octanol–water partition coefficient (Wildman–Crippen LogP) is 2.90. The number of benzene rings is 2. The van der Waals surface area contributed by atoms with Gasteiger partial charge >= 0.3 is 19.5 Å². The monoisotopic (exact) mass is 366 g/mol. The van der Waals surface area contributed by atoms with Crippen molar-refractivity contribution in [3.63, 3.8) is 0 Å². The van der Waals surface area contributed by atoms with Gasteiger partial charge in [-0.1, -0.05) is 42.5 Å². The molecule has 134 valence electrons. The van der Waals surface area contributed by atoms with E-state index in [-0.39, 0.29) is 19.0 Å².